The Morgan fingerprint density at radius 1 is 1.50 bits per heavy atom. The van der Waals surface area contributed by atoms with Gasteiger partial charge in [-0.2, -0.15) is 0 Å². The first kappa shape index (κ1) is 11.9. The van der Waals surface area contributed by atoms with Gasteiger partial charge in [0.05, 0.1) is 5.60 Å². The third-order valence-corrected chi connectivity index (χ3v) is 3.26. The van der Waals surface area contributed by atoms with Crippen molar-refractivity contribution in [2.45, 2.75) is 12.5 Å². The number of benzene rings is 1. The quantitative estimate of drug-likeness (QED) is 0.823. The lowest BCUT2D eigenvalue weighted by molar-refractivity contribution is 0.0729. The molecular weight excluding hydrogens is 268 g/mol. The summed E-state index contributed by atoms with van der Waals surface area (Å²) in [5.41, 5.74) is 0.483. The van der Waals surface area contributed by atoms with Gasteiger partial charge in [0, 0.05) is 36.3 Å². The Morgan fingerprint density at radius 2 is 2.31 bits per heavy atom. The van der Waals surface area contributed by atoms with Crippen molar-refractivity contribution in [1.29, 1.82) is 0 Å². The standard InChI is InChI=1S/C12H17BrN2O/c1-12(16)8-14-5-6-15(9-12)11-4-2-3-10(13)7-11/h2-4,7,14,16H,5-6,8-9H2,1H3. The molecule has 1 aromatic rings. The van der Waals surface area contributed by atoms with Crippen LogP contribution in [0.2, 0.25) is 0 Å². The second-order valence-electron chi connectivity index (χ2n) is 4.58. The first-order valence-electron chi connectivity index (χ1n) is 5.50. The van der Waals surface area contributed by atoms with Crippen LogP contribution in [0.15, 0.2) is 28.7 Å². The molecule has 1 saturated heterocycles. The van der Waals surface area contributed by atoms with Crippen LogP contribution in [-0.2, 0) is 0 Å². The van der Waals surface area contributed by atoms with Gasteiger partial charge in [-0.15, -0.1) is 0 Å². The molecule has 0 saturated carbocycles. The molecule has 0 bridgehead atoms. The highest BCUT2D eigenvalue weighted by molar-refractivity contribution is 9.10. The highest BCUT2D eigenvalue weighted by Gasteiger charge is 2.26. The third-order valence-electron chi connectivity index (χ3n) is 2.77. The van der Waals surface area contributed by atoms with Gasteiger partial charge in [-0.25, -0.2) is 0 Å². The lowest BCUT2D eigenvalue weighted by Crippen LogP contribution is -2.43. The summed E-state index contributed by atoms with van der Waals surface area (Å²) in [6.45, 7) is 5.01. The molecule has 16 heavy (non-hydrogen) atoms. The minimum absolute atomic E-state index is 0.650. The molecule has 1 aliphatic rings. The van der Waals surface area contributed by atoms with Crippen molar-refractivity contribution < 1.29 is 5.11 Å². The summed E-state index contributed by atoms with van der Waals surface area (Å²) < 4.78 is 1.07. The monoisotopic (exact) mass is 284 g/mol. The predicted octanol–water partition coefficient (Wildman–Crippen LogP) is 1.61. The third kappa shape index (κ3) is 2.97. The van der Waals surface area contributed by atoms with E-state index in [2.05, 4.69) is 38.3 Å². The number of hydrogen-bond donors (Lipinski definition) is 2. The van der Waals surface area contributed by atoms with Gasteiger partial charge in [0.1, 0.15) is 0 Å². The van der Waals surface area contributed by atoms with E-state index in [9.17, 15) is 5.11 Å². The van der Waals surface area contributed by atoms with Crippen molar-refractivity contribution in [3.05, 3.63) is 28.7 Å². The van der Waals surface area contributed by atoms with E-state index in [0.29, 0.717) is 13.1 Å². The van der Waals surface area contributed by atoms with E-state index in [1.807, 2.05) is 19.1 Å². The van der Waals surface area contributed by atoms with Gasteiger partial charge in [0.2, 0.25) is 0 Å². The number of β-amino-alcohol motifs (C(OH)–C–C–N with tert-alkyl or cyclic N) is 1. The molecular formula is C12H17BrN2O. The van der Waals surface area contributed by atoms with Crippen LogP contribution in [0.4, 0.5) is 5.69 Å². The van der Waals surface area contributed by atoms with E-state index in [0.717, 1.165) is 23.2 Å². The smallest absolute Gasteiger partial charge is 0.0917 e. The molecule has 1 heterocycles. The molecule has 0 aromatic heterocycles. The first-order valence-corrected chi connectivity index (χ1v) is 6.30. The minimum atomic E-state index is -0.668. The molecule has 0 aliphatic carbocycles. The van der Waals surface area contributed by atoms with Crippen molar-refractivity contribution in [3.63, 3.8) is 0 Å². The van der Waals surface area contributed by atoms with Crippen molar-refractivity contribution in [1.82, 2.24) is 5.32 Å². The van der Waals surface area contributed by atoms with Gasteiger partial charge in [-0.05, 0) is 25.1 Å². The molecule has 1 aromatic carbocycles. The number of aliphatic hydroxyl groups is 1. The van der Waals surface area contributed by atoms with Crippen LogP contribution in [0.25, 0.3) is 0 Å². The van der Waals surface area contributed by atoms with Gasteiger partial charge in [-0.3, -0.25) is 0 Å². The molecule has 1 aliphatic heterocycles. The summed E-state index contributed by atoms with van der Waals surface area (Å²) in [4.78, 5) is 2.21. The second kappa shape index (κ2) is 4.73. The van der Waals surface area contributed by atoms with Gasteiger partial charge < -0.3 is 15.3 Å². The van der Waals surface area contributed by atoms with Gasteiger partial charge in [0.25, 0.3) is 0 Å². The summed E-state index contributed by atoms with van der Waals surface area (Å²) in [6, 6.07) is 8.19. The van der Waals surface area contributed by atoms with Crippen LogP contribution in [0, 0.1) is 0 Å². The fourth-order valence-corrected chi connectivity index (χ4v) is 2.40. The minimum Gasteiger partial charge on any atom is -0.387 e. The van der Waals surface area contributed by atoms with Crippen LogP contribution in [0.5, 0.6) is 0 Å². The highest BCUT2D eigenvalue weighted by atomic mass is 79.9. The van der Waals surface area contributed by atoms with Crippen molar-refractivity contribution in [2.75, 3.05) is 31.1 Å². The fourth-order valence-electron chi connectivity index (χ4n) is 2.01. The molecule has 1 unspecified atom stereocenters. The molecule has 0 radical (unpaired) electrons. The zero-order valence-electron chi connectivity index (χ0n) is 9.41. The summed E-state index contributed by atoms with van der Waals surface area (Å²) in [5.74, 6) is 0. The Morgan fingerprint density at radius 3 is 3.06 bits per heavy atom. The normalized spacial score (nSPS) is 26.6. The summed E-state index contributed by atoms with van der Waals surface area (Å²) >= 11 is 3.47. The number of rotatable bonds is 1. The van der Waals surface area contributed by atoms with Crippen LogP contribution < -0.4 is 10.2 Å². The van der Waals surface area contributed by atoms with E-state index in [4.69, 9.17) is 0 Å². The maximum atomic E-state index is 10.1. The molecule has 2 N–H and O–H groups in total. The molecule has 88 valence electrons. The number of anilines is 1. The maximum Gasteiger partial charge on any atom is 0.0917 e. The molecule has 0 amide bonds. The van der Waals surface area contributed by atoms with E-state index in [-0.39, 0.29) is 0 Å². The Labute approximate surface area is 105 Å². The van der Waals surface area contributed by atoms with E-state index < -0.39 is 5.60 Å². The molecule has 1 atom stereocenters. The predicted molar refractivity (Wildman–Crippen MR) is 69.8 cm³/mol. The lowest BCUT2D eigenvalue weighted by Gasteiger charge is -2.29. The Kier molecular flexibility index (Phi) is 3.52. The fraction of sp³-hybridized carbons (Fsp3) is 0.500. The number of nitrogens with zero attached hydrogens (tertiary/aromatic N) is 1. The number of halogens is 1. The molecule has 2 rings (SSSR count). The molecule has 3 nitrogen and oxygen atoms in total. The Bertz CT molecular complexity index is 368. The highest BCUT2D eigenvalue weighted by Crippen LogP contribution is 2.22. The van der Waals surface area contributed by atoms with Gasteiger partial charge >= 0.3 is 0 Å². The van der Waals surface area contributed by atoms with E-state index >= 15 is 0 Å². The average molecular weight is 285 g/mol. The van der Waals surface area contributed by atoms with Crippen LogP contribution >= 0.6 is 15.9 Å². The molecule has 0 spiro atoms. The lowest BCUT2D eigenvalue weighted by atomic mass is 10.1. The molecule has 4 heteroatoms. The van der Waals surface area contributed by atoms with Gasteiger partial charge in [-0.1, -0.05) is 22.0 Å². The number of hydrogen-bond acceptors (Lipinski definition) is 3. The van der Waals surface area contributed by atoms with Crippen molar-refractivity contribution in [2.24, 2.45) is 0 Å². The summed E-state index contributed by atoms with van der Waals surface area (Å²) in [5, 5.41) is 13.4. The second-order valence-corrected chi connectivity index (χ2v) is 5.49. The summed E-state index contributed by atoms with van der Waals surface area (Å²) in [6.07, 6.45) is 0. The van der Waals surface area contributed by atoms with Crippen LogP contribution in [-0.4, -0.2) is 36.9 Å². The zero-order valence-corrected chi connectivity index (χ0v) is 11.0. The first-order chi connectivity index (χ1) is 7.57. The zero-order chi connectivity index (χ0) is 11.6. The topological polar surface area (TPSA) is 35.5 Å². The van der Waals surface area contributed by atoms with Crippen molar-refractivity contribution >= 4 is 21.6 Å². The van der Waals surface area contributed by atoms with Crippen LogP contribution in [0.3, 0.4) is 0 Å². The van der Waals surface area contributed by atoms with Crippen LogP contribution in [0.1, 0.15) is 6.92 Å². The van der Waals surface area contributed by atoms with E-state index in [1.165, 1.54) is 0 Å². The Balaban J connectivity index is 2.19. The van der Waals surface area contributed by atoms with E-state index in [1.54, 1.807) is 0 Å². The summed E-state index contributed by atoms with van der Waals surface area (Å²) in [7, 11) is 0. The molecule has 1 fully saturated rings. The SMILES string of the molecule is CC1(O)CNCCN(c2cccc(Br)c2)C1. The Hall–Kier alpha value is -0.580. The number of nitrogens with one attached hydrogen (secondary N) is 1. The maximum absolute atomic E-state index is 10.1. The largest absolute Gasteiger partial charge is 0.387 e. The van der Waals surface area contributed by atoms with Gasteiger partial charge in [0.15, 0.2) is 0 Å². The van der Waals surface area contributed by atoms with Crippen molar-refractivity contribution in [3.8, 4) is 0 Å². The average Bonchev–Trinajstić information content (AvgIpc) is 2.39.